The number of anilines is 6. The maximum atomic E-state index is 2.62. The average molecular weight is 795 g/mol. The fraction of sp³-hybridized carbons (Fsp3) is 0.133. The second-order valence-corrected chi connectivity index (χ2v) is 17.9. The molecule has 0 saturated heterocycles. The van der Waals surface area contributed by atoms with Gasteiger partial charge in [0.2, 0.25) is 0 Å². The van der Waals surface area contributed by atoms with E-state index >= 15 is 0 Å². The molecule has 0 N–H and O–H groups in total. The van der Waals surface area contributed by atoms with Crippen molar-refractivity contribution in [2.75, 3.05) is 9.80 Å². The second kappa shape index (κ2) is 13.9. The Hall–Kier alpha value is -7.16. The Morgan fingerprint density at radius 1 is 0.387 bits per heavy atom. The van der Waals surface area contributed by atoms with Gasteiger partial charge in [0.15, 0.2) is 0 Å². The van der Waals surface area contributed by atoms with Crippen LogP contribution in [-0.4, -0.2) is 0 Å². The molecule has 0 radical (unpaired) electrons. The van der Waals surface area contributed by atoms with E-state index in [1.165, 1.54) is 108 Å². The van der Waals surface area contributed by atoms with E-state index in [1.807, 2.05) is 0 Å². The Labute approximate surface area is 364 Å². The maximum absolute atomic E-state index is 2.62. The van der Waals surface area contributed by atoms with Crippen LogP contribution in [0.1, 0.15) is 46.2 Å². The smallest absolute Gasteiger partial charge is 0.0546 e. The van der Waals surface area contributed by atoms with Gasteiger partial charge in [0.05, 0.1) is 17.1 Å². The van der Waals surface area contributed by atoms with Crippen LogP contribution >= 0.6 is 0 Å². The monoisotopic (exact) mass is 794 g/mol. The summed E-state index contributed by atoms with van der Waals surface area (Å²) in [7, 11) is 0. The predicted molar refractivity (Wildman–Crippen MR) is 258 cm³/mol. The molecule has 0 heterocycles. The van der Waals surface area contributed by atoms with E-state index < -0.39 is 0 Å². The largest absolute Gasteiger partial charge is 0.310 e. The molecule has 2 heteroatoms. The van der Waals surface area contributed by atoms with Crippen LogP contribution in [0.5, 0.6) is 0 Å². The lowest BCUT2D eigenvalue weighted by Gasteiger charge is -2.40. The lowest BCUT2D eigenvalue weighted by Crippen LogP contribution is -2.34. The maximum Gasteiger partial charge on any atom is 0.0546 e. The van der Waals surface area contributed by atoms with Gasteiger partial charge in [-0.05, 0) is 159 Å². The summed E-state index contributed by atoms with van der Waals surface area (Å²) in [4.78, 5) is 5.22. The fourth-order valence-electron chi connectivity index (χ4n) is 12.6. The quantitative estimate of drug-likeness (QED) is 0.159. The molecule has 13 rings (SSSR count). The van der Waals surface area contributed by atoms with Crippen molar-refractivity contribution >= 4 is 44.9 Å². The molecule has 0 aliphatic heterocycles. The lowest BCUT2D eigenvalue weighted by atomic mass is 9.68. The number of fused-ring (bicyclic) bond motifs is 6. The van der Waals surface area contributed by atoms with Crippen molar-refractivity contribution < 1.29 is 0 Å². The second-order valence-electron chi connectivity index (χ2n) is 17.9. The molecule has 1 saturated carbocycles. The summed E-state index contributed by atoms with van der Waals surface area (Å²) >= 11 is 0. The Morgan fingerprint density at radius 3 is 1.66 bits per heavy atom. The van der Waals surface area contributed by atoms with Gasteiger partial charge >= 0.3 is 0 Å². The average Bonchev–Trinajstić information content (AvgIpc) is 4.07. The number of hydrogen-bond donors (Lipinski definition) is 0. The zero-order valence-corrected chi connectivity index (χ0v) is 34.7. The van der Waals surface area contributed by atoms with E-state index in [2.05, 4.69) is 216 Å². The molecule has 0 bridgehead atoms. The van der Waals surface area contributed by atoms with E-state index in [9.17, 15) is 0 Å². The summed E-state index contributed by atoms with van der Waals surface area (Å²) in [5, 5.41) is 2.52. The lowest BCUT2D eigenvalue weighted by molar-refractivity contribution is 0.350. The van der Waals surface area contributed by atoms with Crippen molar-refractivity contribution in [3.8, 4) is 22.3 Å². The Balaban J connectivity index is 1.06. The van der Waals surface area contributed by atoms with Crippen LogP contribution in [0.15, 0.2) is 206 Å². The standard InChI is InChI=1S/C60H46N2/c1-4-17-41(18-5-1)57-53-27-13-10-16-40(53)30-35-54(57)62(49-24-8-3-9-25-49)56-29-15-21-44-38-47-32-31-46-37-43-20-14-28-55(58(43)60(46,47)59(44)56)61(48-22-6-2-7-23-48)50-33-34-52-45(39-50)36-42-19-11-12-26-51(42)52/h1-30,33-35,39,46-47H,31-32,36-38H2. The highest BCUT2D eigenvalue weighted by Crippen LogP contribution is 2.69. The first-order valence-corrected chi connectivity index (χ1v) is 22.5. The highest BCUT2D eigenvalue weighted by Gasteiger charge is 2.62. The molecule has 62 heavy (non-hydrogen) atoms. The van der Waals surface area contributed by atoms with Crippen molar-refractivity contribution in [2.45, 2.75) is 37.5 Å². The first-order chi connectivity index (χ1) is 30.8. The molecule has 9 aromatic carbocycles. The van der Waals surface area contributed by atoms with Gasteiger partial charge in [0.1, 0.15) is 0 Å². The van der Waals surface area contributed by atoms with Crippen LogP contribution in [0.3, 0.4) is 0 Å². The number of benzene rings is 9. The van der Waals surface area contributed by atoms with E-state index in [4.69, 9.17) is 0 Å². The van der Waals surface area contributed by atoms with E-state index in [-0.39, 0.29) is 5.41 Å². The van der Waals surface area contributed by atoms with Crippen LogP contribution in [0, 0.1) is 11.8 Å². The number of nitrogens with zero attached hydrogens (tertiary/aromatic N) is 2. The van der Waals surface area contributed by atoms with Gasteiger partial charge in [-0.15, -0.1) is 0 Å². The van der Waals surface area contributed by atoms with Gasteiger partial charge in [-0.2, -0.15) is 0 Å². The summed E-state index contributed by atoms with van der Waals surface area (Å²) in [5.74, 6) is 1.03. The van der Waals surface area contributed by atoms with Crippen molar-refractivity contribution in [1.29, 1.82) is 0 Å². The van der Waals surface area contributed by atoms with Crippen molar-refractivity contribution in [2.24, 2.45) is 11.8 Å². The van der Waals surface area contributed by atoms with Crippen LogP contribution in [-0.2, 0) is 24.7 Å². The molecule has 1 spiro atoms. The summed E-state index contributed by atoms with van der Waals surface area (Å²) in [6.45, 7) is 0. The first-order valence-electron chi connectivity index (χ1n) is 22.5. The molecule has 0 amide bonds. The van der Waals surface area contributed by atoms with Gasteiger partial charge in [-0.25, -0.2) is 0 Å². The molecule has 9 aromatic rings. The van der Waals surface area contributed by atoms with Gasteiger partial charge in [-0.1, -0.05) is 152 Å². The Bertz CT molecular complexity index is 3180. The van der Waals surface area contributed by atoms with E-state index in [1.54, 1.807) is 5.56 Å². The zero-order chi connectivity index (χ0) is 40.8. The molecule has 1 fully saturated rings. The van der Waals surface area contributed by atoms with Crippen LogP contribution in [0.25, 0.3) is 33.0 Å². The van der Waals surface area contributed by atoms with Crippen molar-refractivity contribution in [3.63, 3.8) is 0 Å². The van der Waals surface area contributed by atoms with Crippen molar-refractivity contribution in [3.05, 3.63) is 240 Å². The number of rotatable bonds is 7. The molecule has 4 aliphatic carbocycles. The minimum atomic E-state index is -0.144. The predicted octanol–water partition coefficient (Wildman–Crippen LogP) is 15.4. The topological polar surface area (TPSA) is 6.48 Å². The van der Waals surface area contributed by atoms with Crippen LogP contribution in [0.2, 0.25) is 0 Å². The third kappa shape index (κ3) is 5.16. The molecule has 0 aromatic heterocycles. The summed E-state index contributed by atoms with van der Waals surface area (Å²) in [6.07, 6.45) is 5.65. The summed E-state index contributed by atoms with van der Waals surface area (Å²) in [5.41, 5.74) is 21.4. The molecular formula is C60H46N2. The highest BCUT2D eigenvalue weighted by molar-refractivity contribution is 6.05. The molecule has 2 nitrogen and oxygen atoms in total. The molecular weight excluding hydrogens is 749 g/mol. The molecule has 4 aliphatic rings. The van der Waals surface area contributed by atoms with Gasteiger partial charge in [0.25, 0.3) is 0 Å². The van der Waals surface area contributed by atoms with Gasteiger partial charge in [0, 0.05) is 28.0 Å². The zero-order valence-electron chi connectivity index (χ0n) is 34.7. The number of hydrogen-bond acceptors (Lipinski definition) is 2. The molecule has 3 unspecified atom stereocenters. The highest BCUT2D eigenvalue weighted by atomic mass is 15.2. The van der Waals surface area contributed by atoms with Crippen LogP contribution < -0.4 is 9.80 Å². The summed E-state index contributed by atoms with van der Waals surface area (Å²) in [6, 6.07) is 77.5. The molecule has 3 atom stereocenters. The Morgan fingerprint density at radius 2 is 0.952 bits per heavy atom. The van der Waals surface area contributed by atoms with Crippen molar-refractivity contribution in [1.82, 2.24) is 0 Å². The summed E-state index contributed by atoms with van der Waals surface area (Å²) < 4.78 is 0. The first kappa shape index (κ1) is 35.6. The third-order valence-corrected chi connectivity index (χ3v) is 14.9. The minimum Gasteiger partial charge on any atom is -0.310 e. The Kier molecular flexibility index (Phi) is 8.00. The fourth-order valence-corrected chi connectivity index (χ4v) is 12.6. The van der Waals surface area contributed by atoms with Gasteiger partial charge in [-0.3, -0.25) is 0 Å². The van der Waals surface area contributed by atoms with Gasteiger partial charge < -0.3 is 9.80 Å². The van der Waals surface area contributed by atoms with E-state index in [0.29, 0.717) is 11.8 Å². The SMILES string of the molecule is c1ccc(-c2c(N(c3ccccc3)c3cccc4c3C35c6c(cccc6N(c6ccccc6)c6ccc7c(c6)Cc6ccccc6-7)CC3CCC5C4)ccc3ccccc23)cc1. The van der Waals surface area contributed by atoms with E-state index in [0.717, 1.165) is 19.3 Å². The normalized spacial score (nSPS) is 18.7. The minimum absolute atomic E-state index is 0.144. The third-order valence-electron chi connectivity index (χ3n) is 14.9. The number of para-hydroxylation sites is 2. The molecule has 296 valence electrons. The van der Waals surface area contributed by atoms with Crippen LogP contribution in [0.4, 0.5) is 34.1 Å².